The molecule has 0 radical (unpaired) electrons. The number of fused-ring (bicyclic) bond motifs is 1. The minimum Gasteiger partial charge on any atom is -0.378 e. The van der Waals surface area contributed by atoms with Gasteiger partial charge in [0.05, 0.1) is 5.60 Å². The average molecular weight is 398 g/mol. The molecule has 0 amide bonds. The number of hydrogen-bond donors (Lipinski definition) is 2. The molecule has 2 aliphatic rings. The van der Waals surface area contributed by atoms with Crippen LogP contribution in [0.4, 0.5) is 5.95 Å². The summed E-state index contributed by atoms with van der Waals surface area (Å²) in [6.45, 7) is 8.02. The minimum absolute atomic E-state index is 0.0214. The van der Waals surface area contributed by atoms with Crippen LogP contribution in [0, 0.1) is 0 Å². The zero-order valence-corrected chi connectivity index (χ0v) is 18.1. The molecule has 2 aliphatic heterocycles. The van der Waals surface area contributed by atoms with E-state index in [0.29, 0.717) is 5.95 Å². The largest absolute Gasteiger partial charge is 0.378 e. The minimum atomic E-state index is -0.0214. The summed E-state index contributed by atoms with van der Waals surface area (Å²) in [5.41, 5.74) is 1.92. The van der Waals surface area contributed by atoms with Gasteiger partial charge in [0.25, 0.3) is 0 Å². The molecular weight excluding hydrogens is 362 g/mol. The van der Waals surface area contributed by atoms with Gasteiger partial charge in [-0.15, -0.1) is 5.10 Å². The topological polar surface area (TPSA) is 66.1 Å². The number of hydrogen-bond acceptors (Lipinski definition) is 5. The van der Waals surface area contributed by atoms with Gasteiger partial charge >= 0.3 is 0 Å². The number of ether oxygens (including phenoxy) is 1. The molecule has 2 fully saturated rings. The van der Waals surface area contributed by atoms with Crippen LogP contribution in [0.1, 0.15) is 57.9 Å². The molecule has 1 aromatic carbocycles. The highest BCUT2D eigenvalue weighted by atomic mass is 16.5. The predicted molar refractivity (Wildman–Crippen MR) is 116 cm³/mol. The number of H-pyrrole nitrogens is 1. The summed E-state index contributed by atoms with van der Waals surface area (Å²) in [6.07, 6.45) is 8.39. The van der Waals surface area contributed by atoms with E-state index in [2.05, 4.69) is 69.6 Å². The van der Waals surface area contributed by atoms with E-state index in [1.165, 1.54) is 18.4 Å². The van der Waals surface area contributed by atoms with Crippen LogP contribution in [0.3, 0.4) is 0 Å². The number of rotatable bonds is 7. The van der Waals surface area contributed by atoms with Gasteiger partial charge in [-0.3, -0.25) is 10.00 Å². The lowest BCUT2D eigenvalue weighted by Crippen LogP contribution is -2.63. The Balaban J connectivity index is 1.38. The van der Waals surface area contributed by atoms with Crippen LogP contribution in [0.15, 0.2) is 36.7 Å². The molecule has 6 heteroatoms. The Bertz CT molecular complexity index is 782. The number of nitrogens with one attached hydrogen (secondary N) is 2. The number of aromatic nitrogens is 3. The van der Waals surface area contributed by atoms with E-state index in [1.54, 1.807) is 6.33 Å². The van der Waals surface area contributed by atoms with Crippen molar-refractivity contribution in [1.82, 2.24) is 20.1 Å². The number of methoxy groups -OCH3 is 1. The molecule has 29 heavy (non-hydrogen) atoms. The second kappa shape index (κ2) is 8.07. The summed E-state index contributed by atoms with van der Waals surface area (Å²) >= 11 is 0. The predicted octanol–water partition coefficient (Wildman–Crippen LogP) is 3.99. The summed E-state index contributed by atoms with van der Waals surface area (Å²) in [7, 11) is 1.90. The summed E-state index contributed by atoms with van der Waals surface area (Å²) in [5, 5.41) is 10.1. The van der Waals surface area contributed by atoms with Gasteiger partial charge in [0.15, 0.2) is 0 Å². The summed E-state index contributed by atoms with van der Waals surface area (Å²) in [5.74, 6) is 0.672. The molecule has 6 nitrogen and oxygen atoms in total. The van der Waals surface area contributed by atoms with Gasteiger partial charge in [-0.05, 0) is 51.0 Å². The molecule has 0 bridgehead atoms. The number of benzene rings is 1. The Hall–Kier alpha value is -1.92. The van der Waals surface area contributed by atoms with Gasteiger partial charge in [0.1, 0.15) is 6.33 Å². The fraction of sp³-hybridized carbons (Fsp3) is 0.652. The third-order valence-electron chi connectivity index (χ3n) is 7.47. The number of aromatic amines is 1. The Morgan fingerprint density at radius 2 is 2.00 bits per heavy atom. The molecule has 4 rings (SSSR count). The lowest BCUT2D eigenvalue weighted by molar-refractivity contribution is -0.128. The molecule has 2 N–H and O–H groups in total. The van der Waals surface area contributed by atoms with Gasteiger partial charge < -0.3 is 10.1 Å². The smallest absolute Gasteiger partial charge is 0.241 e. The van der Waals surface area contributed by atoms with E-state index in [-0.39, 0.29) is 16.6 Å². The fourth-order valence-corrected chi connectivity index (χ4v) is 5.54. The van der Waals surface area contributed by atoms with Crippen LogP contribution in [-0.2, 0) is 10.2 Å². The van der Waals surface area contributed by atoms with Gasteiger partial charge in [0, 0.05) is 37.7 Å². The molecule has 0 saturated carbocycles. The lowest BCUT2D eigenvalue weighted by Gasteiger charge is -2.58. The van der Waals surface area contributed by atoms with Gasteiger partial charge in [-0.2, -0.15) is 0 Å². The van der Waals surface area contributed by atoms with Gasteiger partial charge in [0.2, 0.25) is 5.95 Å². The fourth-order valence-electron chi connectivity index (χ4n) is 5.54. The summed E-state index contributed by atoms with van der Waals surface area (Å²) in [6, 6.07) is 11.1. The van der Waals surface area contributed by atoms with Gasteiger partial charge in [-0.25, -0.2) is 4.98 Å². The van der Waals surface area contributed by atoms with E-state index in [0.717, 1.165) is 45.3 Å². The Morgan fingerprint density at radius 3 is 2.72 bits per heavy atom. The Kier molecular flexibility index (Phi) is 5.67. The molecule has 158 valence electrons. The third kappa shape index (κ3) is 4.19. The summed E-state index contributed by atoms with van der Waals surface area (Å²) in [4.78, 5) is 6.87. The maximum atomic E-state index is 6.18. The lowest BCUT2D eigenvalue weighted by atomic mass is 9.65. The van der Waals surface area contributed by atoms with Crippen molar-refractivity contribution in [3.8, 4) is 0 Å². The molecule has 3 unspecified atom stereocenters. The Labute approximate surface area is 174 Å². The van der Waals surface area contributed by atoms with Crippen molar-refractivity contribution in [2.45, 2.75) is 68.9 Å². The first-order valence-corrected chi connectivity index (χ1v) is 10.9. The van der Waals surface area contributed by atoms with Crippen molar-refractivity contribution < 1.29 is 4.74 Å². The number of piperidine rings is 2. The quantitative estimate of drug-likeness (QED) is 0.692. The van der Waals surface area contributed by atoms with E-state index in [4.69, 9.17) is 4.74 Å². The molecule has 0 spiro atoms. The highest BCUT2D eigenvalue weighted by Crippen LogP contribution is 2.48. The van der Waals surface area contributed by atoms with Crippen molar-refractivity contribution in [3.05, 3.63) is 42.2 Å². The maximum absolute atomic E-state index is 6.18. The second-order valence-corrected chi connectivity index (χ2v) is 9.51. The first-order valence-electron chi connectivity index (χ1n) is 10.9. The zero-order chi connectivity index (χ0) is 20.4. The summed E-state index contributed by atoms with van der Waals surface area (Å²) < 4.78 is 6.18. The zero-order valence-electron chi connectivity index (χ0n) is 18.1. The molecule has 1 aromatic heterocycles. The molecule has 2 aromatic rings. The maximum Gasteiger partial charge on any atom is 0.241 e. The molecule has 3 atom stereocenters. The average Bonchev–Trinajstić information content (AvgIpc) is 3.26. The van der Waals surface area contributed by atoms with Crippen molar-refractivity contribution >= 4 is 5.95 Å². The number of anilines is 1. The molecular formula is C23H35N5O. The van der Waals surface area contributed by atoms with Crippen LogP contribution in [0.2, 0.25) is 0 Å². The SMILES string of the molecule is COC1(CCCNc2nc[nH]n2)CCN2CC(C)(c3ccccc3)CCC2(C)C1. The van der Waals surface area contributed by atoms with Crippen LogP contribution in [0.25, 0.3) is 0 Å². The van der Waals surface area contributed by atoms with Crippen molar-refractivity contribution in [3.63, 3.8) is 0 Å². The highest BCUT2D eigenvalue weighted by molar-refractivity contribution is 5.27. The van der Waals surface area contributed by atoms with E-state index in [9.17, 15) is 0 Å². The first kappa shape index (κ1) is 20.4. The molecule has 2 saturated heterocycles. The van der Waals surface area contributed by atoms with Crippen molar-refractivity contribution in [2.75, 3.05) is 32.1 Å². The Morgan fingerprint density at radius 1 is 1.17 bits per heavy atom. The van der Waals surface area contributed by atoms with Crippen molar-refractivity contribution in [2.24, 2.45) is 0 Å². The standard InChI is InChI=1S/C23H35N5O/c1-21(19-8-5-4-6-9-19)11-12-22(2)16-23(29-3,13-15-28(22)17-21)10-7-14-24-20-25-18-26-27-20/h4-6,8-9,18H,7,10-17H2,1-3H3,(H2,24,25,26,27). The van der Waals surface area contributed by atoms with Crippen molar-refractivity contribution in [1.29, 1.82) is 0 Å². The van der Waals surface area contributed by atoms with Crippen LogP contribution < -0.4 is 5.32 Å². The number of nitrogens with zero attached hydrogens (tertiary/aromatic N) is 3. The highest BCUT2D eigenvalue weighted by Gasteiger charge is 2.51. The van der Waals surface area contributed by atoms with E-state index >= 15 is 0 Å². The monoisotopic (exact) mass is 397 g/mol. The normalized spacial score (nSPS) is 32.7. The van der Waals surface area contributed by atoms with E-state index in [1.807, 2.05) is 7.11 Å². The van der Waals surface area contributed by atoms with Crippen LogP contribution in [-0.4, -0.2) is 58.0 Å². The third-order valence-corrected chi connectivity index (χ3v) is 7.47. The van der Waals surface area contributed by atoms with Crippen LogP contribution >= 0.6 is 0 Å². The second-order valence-electron chi connectivity index (χ2n) is 9.51. The molecule has 0 aliphatic carbocycles. The van der Waals surface area contributed by atoms with Gasteiger partial charge in [-0.1, -0.05) is 37.3 Å². The molecule has 3 heterocycles. The first-order chi connectivity index (χ1) is 14.0. The van der Waals surface area contributed by atoms with Crippen LogP contribution in [0.5, 0.6) is 0 Å². The van der Waals surface area contributed by atoms with E-state index < -0.39 is 0 Å².